The molecule has 0 spiro atoms. The van der Waals surface area contributed by atoms with E-state index in [0.29, 0.717) is 0 Å². The van der Waals surface area contributed by atoms with Gasteiger partial charge in [0.2, 0.25) is 5.95 Å². The number of rotatable bonds is 3. The normalized spacial score (nSPS) is 16.1. The van der Waals surface area contributed by atoms with Gasteiger partial charge >= 0.3 is 0 Å². The standard InChI is InChI=1S/C15H18ClN5/c16-13-3-1-4-14(17)12(13)11-20-7-9-21(10-8-20)15-18-5-2-6-19-15/h1-6H,7-11,17H2. The SMILES string of the molecule is Nc1cccc(Cl)c1CN1CCN(c2ncccn2)CC1. The molecule has 1 aliphatic heterocycles. The van der Waals surface area contributed by atoms with Gasteiger partial charge in [0, 0.05) is 61.4 Å². The highest BCUT2D eigenvalue weighted by molar-refractivity contribution is 6.31. The van der Waals surface area contributed by atoms with E-state index in [4.69, 9.17) is 17.3 Å². The van der Waals surface area contributed by atoms with Crippen LogP contribution in [0.2, 0.25) is 5.02 Å². The molecule has 0 amide bonds. The number of aromatic nitrogens is 2. The highest BCUT2D eigenvalue weighted by atomic mass is 35.5. The molecular weight excluding hydrogens is 286 g/mol. The van der Waals surface area contributed by atoms with Gasteiger partial charge in [-0.1, -0.05) is 17.7 Å². The van der Waals surface area contributed by atoms with Gasteiger partial charge in [0.1, 0.15) is 0 Å². The molecule has 110 valence electrons. The van der Waals surface area contributed by atoms with Crippen LogP contribution in [0.1, 0.15) is 5.56 Å². The molecule has 2 heterocycles. The smallest absolute Gasteiger partial charge is 0.225 e. The zero-order valence-electron chi connectivity index (χ0n) is 11.7. The number of hydrogen-bond donors (Lipinski definition) is 1. The highest BCUT2D eigenvalue weighted by Crippen LogP contribution is 2.24. The molecule has 5 nitrogen and oxygen atoms in total. The summed E-state index contributed by atoms with van der Waals surface area (Å²) >= 11 is 6.24. The first-order valence-corrected chi connectivity index (χ1v) is 7.39. The molecule has 1 aromatic carbocycles. The molecule has 0 radical (unpaired) electrons. The number of benzene rings is 1. The van der Waals surface area contributed by atoms with Crippen LogP contribution in [0.5, 0.6) is 0 Å². The zero-order valence-corrected chi connectivity index (χ0v) is 12.5. The van der Waals surface area contributed by atoms with Crippen molar-refractivity contribution in [2.24, 2.45) is 0 Å². The van der Waals surface area contributed by atoms with E-state index in [1.807, 2.05) is 24.3 Å². The van der Waals surface area contributed by atoms with Crippen LogP contribution >= 0.6 is 11.6 Å². The quantitative estimate of drug-likeness (QED) is 0.879. The first-order chi connectivity index (χ1) is 10.2. The Hall–Kier alpha value is -1.85. The molecule has 2 N–H and O–H groups in total. The maximum Gasteiger partial charge on any atom is 0.225 e. The van der Waals surface area contributed by atoms with Crippen molar-refractivity contribution in [1.82, 2.24) is 14.9 Å². The van der Waals surface area contributed by atoms with Gasteiger partial charge in [0.25, 0.3) is 0 Å². The number of anilines is 2. The topological polar surface area (TPSA) is 58.3 Å². The Kier molecular flexibility index (Phi) is 4.22. The number of halogens is 1. The Balaban J connectivity index is 1.62. The van der Waals surface area contributed by atoms with Crippen LogP contribution in [0.25, 0.3) is 0 Å². The maximum absolute atomic E-state index is 6.24. The lowest BCUT2D eigenvalue weighted by molar-refractivity contribution is 0.249. The monoisotopic (exact) mass is 303 g/mol. The average Bonchev–Trinajstić information content (AvgIpc) is 2.53. The summed E-state index contributed by atoms with van der Waals surface area (Å²) in [5.74, 6) is 0.800. The molecule has 3 rings (SSSR count). The molecule has 2 aromatic rings. The van der Waals surface area contributed by atoms with Crippen LogP contribution in [0.15, 0.2) is 36.7 Å². The lowest BCUT2D eigenvalue weighted by atomic mass is 10.1. The van der Waals surface area contributed by atoms with Crippen LogP contribution in [0.4, 0.5) is 11.6 Å². The van der Waals surface area contributed by atoms with Crippen LogP contribution < -0.4 is 10.6 Å². The Morgan fingerprint density at radius 2 is 1.76 bits per heavy atom. The third-order valence-electron chi connectivity index (χ3n) is 3.74. The van der Waals surface area contributed by atoms with E-state index in [-0.39, 0.29) is 0 Å². The molecule has 6 heteroatoms. The molecule has 0 unspecified atom stereocenters. The Bertz CT molecular complexity index is 576. The van der Waals surface area contributed by atoms with Gasteiger partial charge in [-0.3, -0.25) is 4.90 Å². The zero-order chi connectivity index (χ0) is 14.7. The maximum atomic E-state index is 6.24. The summed E-state index contributed by atoms with van der Waals surface area (Å²) in [7, 11) is 0. The first kappa shape index (κ1) is 14.1. The second-order valence-electron chi connectivity index (χ2n) is 5.12. The van der Waals surface area contributed by atoms with Crippen molar-refractivity contribution in [1.29, 1.82) is 0 Å². The number of nitrogen functional groups attached to an aromatic ring is 1. The summed E-state index contributed by atoms with van der Waals surface area (Å²) in [5.41, 5.74) is 7.79. The van der Waals surface area contributed by atoms with E-state index in [1.54, 1.807) is 12.4 Å². The average molecular weight is 304 g/mol. The van der Waals surface area contributed by atoms with E-state index in [0.717, 1.165) is 54.9 Å². The van der Waals surface area contributed by atoms with Gasteiger partial charge in [0.05, 0.1) is 0 Å². The lowest BCUT2D eigenvalue weighted by Crippen LogP contribution is -2.46. The van der Waals surface area contributed by atoms with Crippen LogP contribution in [-0.4, -0.2) is 41.0 Å². The van der Waals surface area contributed by atoms with Crippen molar-refractivity contribution in [3.05, 3.63) is 47.2 Å². The number of hydrogen-bond acceptors (Lipinski definition) is 5. The third kappa shape index (κ3) is 3.25. The van der Waals surface area contributed by atoms with Crippen LogP contribution in [0.3, 0.4) is 0 Å². The molecule has 1 fully saturated rings. The molecule has 1 aromatic heterocycles. The summed E-state index contributed by atoms with van der Waals surface area (Å²) in [6.07, 6.45) is 3.55. The minimum Gasteiger partial charge on any atom is -0.398 e. The second kappa shape index (κ2) is 6.28. The molecule has 0 bridgehead atoms. The van der Waals surface area contributed by atoms with Gasteiger partial charge in [-0.15, -0.1) is 0 Å². The Labute approximate surface area is 129 Å². The summed E-state index contributed by atoms with van der Waals surface area (Å²) in [6.45, 7) is 4.50. The van der Waals surface area contributed by atoms with Gasteiger partial charge < -0.3 is 10.6 Å². The fourth-order valence-electron chi connectivity index (χ4n) is 2.53. The van der Waals surface area contributed by atoms with Gasteiger partial charge in [-0.05, 0) is 18.2 Å². The fraction of sp³-hybridized carbons (Fsp3) is 0.333. The van der Waals surface area contributed by atoms with E-state index in [1.165, 1.54) is 0 Å². The molecule has 21 heavy (non-hydrogen) atoms. The highest BCUT2D eigenvalue weighted by Gasteiger charge is 2.20. The van der Waals surface area contributed by atoms with Gasteiger partial charge in [-0.2, -0.15) is 0 Å². The van der Waals surface area contributed by atoms with Gasteiger partial charge in [0.15, 0.2) is 0 Å². The van der Waals surface area contributed by atoms with E-state index >= 15 is 0 Å². The van der Waals surface area contributed by atoms with Crippen molar-refractivity contribution >= 4 is 23.2 Å². The molecule has 0 saturated carbocycles. The molecule has 0 aliphatic carbocycles. The van der Waals surface area contributed by atoms with Gasteiger partial charge in [-0.25, -0.2) is 9.97 Å². The lowest BCUT2D eigenvalue weighted by Gasteiger charge is -2.34. The second-order valence-corrected chi connectivity index (χ2v) is 5.53. The number of piperazine rings is 1. The van der Waals surface area contributed by atoms with Crippen molar-refractivity contribution in [2.45, 2.75) is 6.54 Å². The van der Waals surface area contributed by atoms with Crippen molar-refractivity contribution in [3.63, 3.8) is 0 Å². The van der Waals surface area contributed by atoms with Crippen molar-refractivity contribution in [3.8, 4) is 0 Å². The molecular formula is C15H18ClN5. The predicted molar refractivity (Wildman–Crippen MR) is 85.4 cm³/mol. The first-order valence-electron chi connectivity index (χ1n) is 7.01. The summed E-state index contributed by atoms with van der Waals surface area (Å²) < 4.78 is 0. The summed E-state index contributed by atoms with van der Waals surface area (Å²) in [4.78, 5) is 13.1. The number of nitrogens with two attached hydrogens (primary N) is 1. The molecule has 1 saturated heterocycles. The van der Waals surface area contributed by atoms with E-state index in [2.05, 4.69) is 19.8 Å². The van der Waals surface area contributed by atoms with E-state index < -0.39 is 0 Å². The minimum atomic E-state index is 0.740. The number of nitrogens with zero attached hydrogens (tertiary/aromatic N) is 4. The summed E-state index contributed by atoms with van der Waals surface area (Å²) in [5, 5.41) is 0.740. The van der Waals surface area contributed by atoms with Crippen LogP contribution in [-0.2, 0) is 6.54 Å². The fourth-order valence-corrected chi connectivity index (χ4v) is 2.77. The van der Waals surface area contributed by atoms with Crippen molar-refractivity contribution < 1.29 is 0 Å². The third-order valence-corrected chi connectivity index (χ3v) is 4.10. The van der Waals surface area contributed by atoms with Crippen LogP contribution in [0, 0.1) is 0 Å². The minimum absolute atomic E-state index is 0.740. The van der Waals surface area contributed by atoms with E-state index in [9.17, 15) is 0 Å². The predicted octanol–water partition coefficient (Wildman–Crippen LogP) is 2.03. The Morgan fingerprint density at radius 3 is 2.43 bits per heavy atom. The van der Waals surface area contributed by atoms with Crippen molar-refractivity contribution in [2.75, 3.05) is 36.8 Å². The largest absolute Gasteiger partial charge is 0.398 e. The molecule has 1 aliphatic rings. The molecule has 0 atom stereocenters. The Morgan fingerprint density at radius 1 is 1.05 bits per heavy atom. The summed E-state index contributed by atoms with van der Waals surface area (Å²) in [6, 6.07) is 7.50.